The van der Waals surface area contributed by atoms with Crippen LogP contribution in [0, 0.1) is 6.92 Å². The first kappa shape index (κ1) is 26.0. The Hall–Kier alpha value is -2.24. The van der Waals surface area contributed by atoms with Crippen LogP contribution in [0.4, 0.5) is 22.7 Å². The van der Waals surface area contributed by atoms with Crippen LogP contribution in [-0.2, 0) is 0 Å². The first-order valence-corrected chi connectivity index (χ1v) is 12.5. The van der Waals surface area contributed by atoms with Crippen molar-refractivity contribution in [3.05, 3.63) is 48.0 Å². The average molecular weight is 440 g/mol. The van der Waals surface area contributed by atoms with Crippen molar-refractivity contribution in [2.45, 2.75) is 73.6 Å². The van der Waals surface area contributed by atoms with Crippen LogP contribution in [0.2, 0.25) is 0 Å². The molecule has 2 atom stereocenters. The van der Waals surface area contributed by atoms with E-state index < -0.39 is 0 Å². The van der Waals surface area contributed by atoms with E-state index in [0.717, 1.165) is 61.8 Å². The maximum Gasteiger partial charge on any atom is 0.0790 e. The van der Waals surface area contributed by atoms with E-state index in [9.17, 15) is 0 Å². The van der Waals surface area contributed by atoms with Crippen molar-refractivity contribution in [3.63, 3.8) is 0 Å². The van der Waals surface area contributed by atoms with E-state index in [1.54, 1.807) is 0 Å². The fourth-order valence-electron chi connectivity index (χ4n) is 4.29. The molecule has 0 amide bonds. The van der Waals surface area contributed by atoms with Gasteiger partial charge >= 0.3 is 0 Å². The molecule has 0 spiro atoms. The maximum atomic E-state index is 3.79. The second-order valence-electron chi connectivity index (χ2n) is 8.37. The molecule has 0 aliphatic heterocycles. The lowest BCUT2D eigenvalue weighted by atomic mass is 10.2. The summed E-state index contributed by atoms with van der Waals surface area (Å²) < 4.78 is 0. The molecule has 0 radical (unpaired) electrons. The van der Waals surface area contributed by atoms with Gasteiger partial charge < -0.3 is 16.0 Å². The van der Waals surface area contributed by atoms with Crippen LogP contribution in [0.3, 0.4) is 0 Å². The maximum absolute atomic E-state index is 3.79. The number of rotatable bonds is 14. The van der Waals surface area contributed by atoms with Gasteiger partial charge in [0.05, 0.1) is 12.3 Å². The molecule has 2 unspecified atom stereocenters. The van der Waals surface area contributed by atoms with Crippen molar-refractivity contribution >= 4 is 22.7 Å². The zero-order chi connectivity index (χ0) is 23.5. The minimum absolute atomic E-state index is 0.317. The van der Waals surface area contributed by atoms with E-state index in [-0.39, 0.29) is 0 Å². The molecule has 0 aliphatic rings. The molecule has 0 aromatic heterocycles. The Morgan fingerprint density at radius 3 is 1.38 bits per heavy atom. The molecular formula is C27H45N5. The minimum atomic E-state index is 0.317. The predicted octanol–water partition coefficient (Wildman–Crippen LogP) is 6.72. The van der Waals surface area contributed by atoms with Gasteiger partial charge in [-0.25, -0.2) is 0 Å². The second kappa shape index (κ2) is 13.3. The van der Waals surface area contributed by atoms with Crippen LogP contribution in [0.15, 0.2) is 42.5 Å². The van der Waals surface area contributed by atoms with Crippen molar-refractivity contribution in [3.8, 4) is 0 Å². The number of nitrogens with zero attached hydrogens (tertiary/aromatic N) is 2. The average Bonchev–Trinajstić information content (AvgIpc) is 2.80. The normalized spacial score (nSPS) is 13.3. The first-order valence-electron chi connectivity index (χ1n) is 12.5. The van der Waals surface area contributed by atoms with E-state index in [1.807, 2.05) is 0 Å². The Morgan fingerprint density at radius 1 is 0.594 bits per heavy atom. The smallest absolute Gasteiger partial charge is 0.0790 e. The summed E-state index contributed by atoms with van der Waals surface area (Å²) in [6.07, 6.45) is 2.74. The van der Waals surface area contributed by atoms with Gasteiger partial charge in [0.15, 0.2) is 0 Å². The van der Waals surface area contributed by atoms with Crippen molar-refractivity contribution in [2.75, 3.05) is 42.1 Å². The van der Waals surface area contributed by atoms with E-state index in [4.69, 9.17) is 0 Å². The van der Waals surface area contributed by atoms with Gasteiger partial charge in [0, 0.05) is 22.7 Å². The van der Waals surface area contributed by atoms with Crippen molar-refractivity contribution in [2.24, 2.45) is 0 Å². The van der Waals surface area contributed by atoms with Crippen LogP contribution in [0.5, 0.6) is 0 Å². The predicted molar refractivity (Wildman–Crippen MR) is 142 cm³/mol. The summed E-state index contributed by atoms with van der Waals surface area (Å²) in [5.74, 6) is 0. The van der Waals surface area contributed by atoms with Crippen LogP contribution in [0.25, 0.3) is 0 Å². The quantitative estimate of drug-likeness (QED) is 0.285. The fourth-order valence-corrected chi connectivity index (χ4v) is 4.29. The molecule has 0 heterocycles. The van der Waals surface area contributed by atoms with Crippen LogP contribution >= 0.6 is 0 Å². The zero-order valence-electron chi connectivity index (χ0n) is 21.3. The monoisotopic (exact) mass is 439 g/mol. The third kappa shape index (κ3) is 7.42. The Labute approximate surface area is 196 Å². The third-order valence-corrected chi connectivity index (χ3v) is 6.22. The zero-order valence-corrected chi connectivity index (χ0v) is 21.3. The second-order valence-corrected chi connectivity index (χ2v) is 8.37. The number of anilines is 4. The van der Waals surface area contributed by atoms with Gasteiger partial charge in [-0.3, -0.25) is 9.80 Å². The summed E-state index contributed by atoms with van der Waals surface area (Å²) in [7, 11) is 0. The molecule has 178 valence electrons. The largest absolute Gasteiger partial charge is 0.370 e. The molecule has 0 saturated heterocycles. The lowest BCUT2D eigenvalue weighted by Crippen LogP contribution is -2.40. The molecule has 3 N–H and O–H groups in total. The highest BCUT2D eigenvalue weighted by molar-refractivity contribution is 5.71. The molecule has 0 bridgehead atoms. The lowest BCUT2D eigenvalue weighted by Gasteiger charge is -2.32. The summed E-state index contributed by atoms with van der Waals surface area (Å²) in [6.45, 7) is 19.7. The Kier molecular flexibility index (Phi) is 10.8. The molecule has 5 nitrogen and oxygen atoms in total. The Bertz CT molecular complexity index is 741. The number of benzene rings is 2. The molecule has 0 fully saturated rings. The summed E-state index contributed by atoms with van der Waals surface area (Å²) in [5.41, 5.74) is 5.73. The molecule has 2 rings (SSSR count). The van der Waals surface area contributed by atoms with E-state index in [0.29, 0.717) is 12.3 Å². The molecule has 32 heavy (non-hydrogen) atoms. The number of hydrogen-bond donors (Lipinski definition) is 3. The van der Waals surface area contributed by atoms with Crippen LogP contribution < -0.4 is 16.0 Å². The SMILES string of the molecule is CCC(Nc1cc(Nc2ccc(C)cc2)cc(NC(CC)N(CC)CC)c1)N(CC)CC. The topological polar surface area (TPSA) is 42.6 Å². The van der Waals surface area contributed by atoms with Gasteiger partial charge in [-0.2, -0.15) is 0 Å². The van der Waals surface area contributed by atoms with Crippen LogP contribution in [-0.4, -0.2) is 48.3 Å². The van der Waals surface area contributed by atoms with Gasteiger partial charge in [0.25, 0.3) is 0 Å². The third-order valence-electron chi connectivity index (χ3n) is 6.22. The molecule has 2 aromatic carbocycles. The highest BCUT2D eigenvalue weighted by atomic mass is 15.3. The highest BCUT2D eigenvalue weighted by Gasteiger charge is 2.16. The molecule has 0 saturated carbocycles. The summed E-state index contributed by atoms with van der Waals surface area (Å²) in [5, 5.41) is 11.2. The summed E-state index contributed by atoms with van der Waals surface area (Å²) >= 11 is 0. The standard InChI is InChI=1S/C27H45N5/c1-8-26(31(10-3)11-4)29-24-18-23(28-22-16-14-21(7)15-17-22)19-25(20-24)30-27(9-2)32(12-5)13-6/h14-20,26-30H,8-13H2,1-7H3. The Balaban J connectivity index is 2.36. The van der Waals surface area contributed by atoms with Gasteiger partial charge in [0.1, 0.15) is 0 Å². The van der Waals surface area contributed by atoms with E-state index in [2.05, 4.69) is 117 Å². The Morgan fingerprint density at radius 2 is 1.00 bits per heavy atom. The van der Waals surface area contributed by atoms with Crippen LogP contribution in [0.1, 0.15) is 59.9 Å². The highest BCUT2D eigenvalue weighted by Crippen LogP contribution is 2.28. The van der Waals surface area contributed by atoms with Gasteiger partial charge in [0.2, 0.25) is 0 Å². The lowest BCUT2D eigenvalue weighted by molar-refractivity contribution is 0.232. The van der Waals surface area contributed by atoms with Crippen molar-refractivity contribution in [1.82, 2.24) is 9.80 Å². The first-order chi connectivity index (χ1) is 15.5. The van der Waals surface area contributed by atoms with Crippen molar-refractivity contribution in [1.29, 1.82) is 0 Å². The summed E-state index contributed by atoms with van der Waals surface area (Å²) in [4.78, 5) is 4.94. The van der Waals surface area contributed by atoms with Gasteiger partial charge in [-0.15, -0.1) is 0 Å². The van der Waals surface area contributed by atoms with E-state index >= 15 is 0 Å². The number of nitrogens with one attached hydrogen (secondary N) is 3. The minimum Gasteiger partial charge on any atom is -0.370 e. The number of aryl methyl sites for hydroxylation is 1. The van der Waals surface area contributed by atoms with Gasteiger partial charge in [-0.05, 0) is 76.3 Å². The molecule has 2 aromatic rings. The molecule has 5 heteroatoms. The van der Waals surface area contributed by atoms with Gasteiger partial charge in [-0.1, -0.05) is 59.2 Å². The van der Waals surface area contributed by atoms with E-state index in [1.165, 1.54) is 5.56 Å². The molecular weight excluding hydrogens is 394 g/mol. The molecule has 0 aliphatic carbocycles. The number of hydrogen-bond acceptors (Lipinski definition) is 5. The fraction of sp³-hybridized carbons (Fsp3) is 0.556. The summed E-state index contributed by atoms with van der Waals surface area (Å²) in [6, 6.07) is 15.2. The van der Waals surface area contributed by atoms with Crippen molar-refractivity contribution < 1.29 is 0 Å².